The molecular formula is C31H36N8O2. The summed E-state index contributed by atoms with van der Waals surface area (Å²) < 4.78 is 1.75. The maximum Gasteiger partial charge on any atom is 0.229 e. The van der Waals surface area contributed by atoms with Gasteiger partial charge >= 0.3 is 0 Å². The number of benzene rings is 1. The minimum absolute atomic E-state index is 0.00681. The van der Waals surface area contributed by atoms with Crippen molar-refractivity contribution in [3.05, 3.63) is 77.6 Å². The number of nitrogens with zero attached hydrogens (tertiary/aromatic N) is 6. The van der Waals surface area contributed by atoms with Crippen molar-refractivity contribution in [3.8, 4) is 11.3 Å². The van der Waals surface area contributed by atoms with Crippen LogP contribution < -0.4 is 15.7 Å². The molecule has 3 heterocycles. The van der Waals surface area contributed by atoms with Crippen LogP contribution >= 0.6 is 0 Å². The Hall–Kier alpha value is -4.34. The zero-order valence-corrected chi connectivity index (χ0v) is 23.2. The lowest BCUT2D eigenvalue weighted by Crippen LogP contribution is -2.50. The van der Waals surface area contributed by atoms with Crippen molar-refractivity contribution in [2.45, 2.75) is 51.1 Å². The van der Waals surface area contributed by atoms with Gasteiger partial charge in [-0.25, -0.2) is 14.6 Å². The van der Waals surface area contributed by atoms with E-state index < -0.39 is 0 Å². The van der Waals surface area contributed by atoms with E-state index in [9.17, 15) is 9.59 Å². The average molecular weight is 553 g/mol. The Morgan fingerprint density at radius 2 is 1.73 bits per heavy atom. The van der Waals surface area contributed by atoms with E-state index in [0.29, 0.717) is 63.4 Å². The van der Waals surface area contributed by atoms with Gasteiger partial charge in [0.2, 0.25) is 17.8 Å². The van der Waals surface area contributed by atoms with Crippen LogP contribution in [0.5, 0.6) is 0 Å². The highest BCUT2D eigenvalue weighted by Crippen LogP contribution is 2.30. The summed E-state index contributed by atoms with van der Waals surface area (Å²) in [5, 5.41) is 16.3. The summed E-state index contributed by atoms with van der Waals surface area (Å²) in [5.41, 5.74) is 4.99. The number of anilines is 1. The van der Waals surface area contributed by atoms with E-state index in [0.717, 1.165) is 36.1 Å². The van der Waals surface area contributed by atoms with E-state index in [-0.39, 0.29) is 23.8 Å². The number of piperazine rings is 1. The number of aromatic nitrogens is 4. The molecule has 0 radical (unpaired) electrons. The molecule has 10 heteroatoms. The largest absolute Gasteiger partial charge is 0.350 e. The van der Waals surface area contributed by atoms with E-state index in [1.807, 2.05) is 29.2 Å². The Bertz CT molecular complexity index is 1490. The van der Waals surface area contributed by atoms with Crippen LogP contribution in [-0.2, 0) is 29.0 Å². The molecule has 2 N–H and O–H groups in total. The fourth-order valence-corrected chi connectivity index (χ4v) is 6.00. The van der Waals surface area contributed by atoms with Gasteiger partial charge in [0.15, 0.2) is 0 Å². The summed E-state index contributed by atoms with van der Waals surface area (Å²) in [6.45, 7) is 3.30. The first-order valence-corrected chi connectivity index (χ1v) is 14.6. The van der Waals surface area contributed by atoms with Gasteiger partial charge in [0.05, 0.1) is 11.6 Å². The molecule has 6 rings (SSSR count). The third kappa shape index (κ3) is 6.06. The van der Waals surface area contributed by atoms with Crippen LogP contribution in [0.2, 0.25) is 0 Å². The predicted molar refractivity (Wildman–Crippen MR) is 155 cm³/mol. The lowest BCUT2D eigenvalue weighted by Gasteiger charge is -2.35. The first-order valence-electron chi connectivity index (χ1n) is 14.6. The first-order chi connectivity index (χ1) is 20.0. The number of hydrogen-bond acceptors (Lipinski definition) is 7. The maximum absolute atomic E-state index is 13.1. The molecular weight excluding hydrogens is 516 g/mol. The topological polar surface area (TPSA) is 120 Å². The van der Waals surface area contributed by atoms with Gasteiger partial charge in [-0.05, 0) is 55.4 Å². The van der Waals surface area contributed by atoms with Crippen LogP contribution in [0.3, 0.4) is 0 Å². The minimum atomic E-state index is -0.202. The van der Waals surface area contributed by atoms with E-state index in [4.69, 9.17) is 10.5 Å². The Morgan fingerprint density at radius 1 is 0.951 bits per heavy atom. The average Bonchev–Trinajstić information content (AvgIpc) is 3.48. The molecule has 3 aliphatic rings. The van der Waals surface area contributed by atoms with Gasteiger partial charge in [-0.3, -0.25) is 15.0 Å². The molecule has 212 valence electrons. The van der Waals surface area contributed by atoms with Crippen LogP contribution in [-0.4, -0.2) is 68.7 Å². The van der Waals surface area contributed by atoms with Crippen LogP contribution in [0.15, 0.2) is 60.9 Å². The monoisotopic (exact) mass is 552 g/mol. The smallest absolute Gasteiger partial charge is 0.229 e. The fraction of sp³-hybridized carbons (Fsp3) is 0.419. The second kappa shape index (κ2) is 12.0. The molecule has 41 heavy (non-hydrogen) atoms. The van der Waals surface area contributed by atoms with Crippen molar-refractivity contribution < 1.29 is 9.59 Å². The number of unbranched alkanes of at least 4 members (excludes halogenated alkanes) is 1. The normalized spacial score (nSPS) is 19.5. The molecule has 2 atom stereocenters. The third-order valence-electron chi connectivity index (χ3n) is 8.25. The van der Waals surface area contributed by atoms with Crippen molar-refractivity contribution in [3.63, 3.8) is 0 Å². The Balaban J connectivity index is 0.929. The van der Waals surface area contributed by atoms with Crippen LogP contribution in [0.25, 0.3) is 11.3 Å². The first kappa shape index (κ1) is 26.9. The van der Waals surface area contributed by atoms with Crippen molar-refractivity contribution in [1.82, 2.24) is 30.0 Å². The molecule has 0 unspecified atom stereocenters. The van der Waals surface area contributed by atoms with Crippen LogP contribution in [0.1, 0.15) is 36.8 Å². The number of carbonyl (C=O) groups excluding carboxylic acids is 2. The number of nitrogens with one attached hydrogen (secondary N) is 2. The number of fused-ring (bicyclic) bond motifs is 3. The van der Waals surface area contributed by atoms with Gasteiger partial charge in [0, 0.05) is 63.1 Å². The Morgan fingerprint density at radius 3 is 2.56 bits per heavy atom. The van der Waals surface area contributed by atoms with Crippen molar-refractivity contribution in [1.29, 1.82) is 5.41 Å². The minimum Gasteiger partial charge on any atom is -0.350 e. The lowest BCUT2D eigenvalue weighted by molar-refractivity contribution is -0.134. The van der Waals surface area contributed by atoms with Gasteiger partial charge in [-0.2, -0.15) is 5.10 Å². The SMILES string of the molecule is N=c1cc2c(nn1CCCCC(=O)N[C@H]1C=C[C@@H](C(=O)N3CCN(c4ncccn4)CC3)C1)-c1ccccc1CC2. The summed E-state index contributed by atoms with van der Waals surface area (Å²) in [6.07, 6.45) is 11.7. The molecule has 1 aliphatic heterocycles. The molecule has 2 amide bonds. The molecule has 10 nitrogen and oxygen atoms in total. The predicted octanol–water partition coefficient (Wildman–Crippen LogP) is 2.50. The number of hydrogen-bond donors (Lipinski definition) is 2. The highest BCUT2D eigenvalue weighted by atomic mass is 16.2. The van der Waals surface area contributed by atoms with Gasteiger partial charge in [-0.15, -0.1) is 0 Å². The van der Waals surface area contributed by atoms with Crippen molar-refractivity contribution in [2.75, 3.05) is 31.1 Å². The standard InChI is InChI=1S/C31H36N8O2/c32-27-21-23-10-9-22-6-1-2-7-26(22)29(23)36-39(27)15-4-3-8-28(40)35-25-12-11-24(20-25)30(41)37-16-18-38(19-17-37)31-33-13-5-14-34-31/h1-2,5-7,11-14,21,24-25,32H,3-4,8-10,15-20H2,(H,35,40)/t24-,25+/m1/s1. The summed E-state index contributed by atoms with van der Waals surface area (Å²) in [7, 11) is 0. The molecule has 0 saturated carbocycles. The highest BCUT2D eigenvalue weighted by Gasteiger charge is 2.31. The van der Waals surface area contributed by atoms with E-state index >= 15 is 0 Å². The quantitative estimate of drug-likeness (QED) is 0.327. The van der Waals surface area contributed by atoms with E-state index in [1.165, 1.54) is 5.56 Å². The summed E-state index contributed by atoms with van der Waals surface area (Å²) in [6, 6.07) is 12.0. The van der Waals surface area contributed by atoms with Crippen molar-refractivity contribution in [2.24, 2.45) is 5.92 Å². The van der Waals surface area contributed by atoms with E-state index in [2.05, 4.69) is 38.4 Å². The molecule has 0 spiro atoms. The number of amides is 2. The maximum atomic E-state index is 13.1. The zero-order valence-electron chi connectivity index (χ0n) is 23.2. The summed E-state index contributed by atoms with van der Waals surface area (Å²) in [4.78, 5) is 38.3. The highest BCUT2D eigenvalue weighted by molar-refractivity contribution is 5.82. The Kier molecular flexibility index (Phi) is 7.89. The summed E-state index contributed by atoms with van der Waals surface area (Å²) in [5.74, 6) is 0.612. The van der Waals surface area contributed by atoms with Crippen LogP contribution in [0, 0.1) is 11.3 Å². The van der Waals surface area contributed by atoms with Gasteiger partial charge in [0.25, 0.3) is 0 Å². The van der Waals surface area contributed by atoms with Crippen molar-refractivity contribution >= 4 is 17.8 Å². The van der Waals surface area contributed by atoms with Gasteiger partial charge < -0.3 is 15.1 Å². The molecule has 0 bridgehead atoms. The second-order valence-electron chi connectivity index (χ2n) is 11.0. The molecule has 2 aromatic heterocycles. The second-order valence-corrected chi connectivity index (χ2v) is 11.0. The fourth-order valence-electron chi connectivity index (χ4n) is 6.00. The van der Waals surface area contributed by atoms with E-state index in [1.54, 1.807) is 23.1 Å². The number of rotatable bonds is 8. The number of carbonyl (C=O) groups is 2. The Labute approximate surface area is 239 Å². The zero-order chi connectivity index (χ0) is 28.2. The third-order valence-corrected chi connectivity index (χ3v) is 8.25. The molecule has 1 aromatic carbocycles. The molecule has 3 aromatic rings. The van der Waals surface area contributed by atoms with Gasteiger partial charge in [-0.1, -0.05) is 36.4 Å². The summed E-state index contributed by atoms with van der Waals surface area (Å²) >= 11 is 0. The van der Waals surface area contributed by atoms with Gasteiger partial charge in [0.1, 0.15) is 5.49 Å². The molecule has 1 fully saturated rings. The van der Waals surface area contributed by atoms with Crippen LogP contribution in [0.4, 0.5) is 5.95 Å². The lowest BCUT2D eigenvalue weighted by atomic mass is 9.89. The molecule has 1 saturated heterocycles. The molecule has 2 aliphatic carbocycles. The number of aryl methyl sites for hydroxylation is 3.